The van der Waals surface area contributed by atoms with Gasteiger partial charge in [-0.3, -0.25) is 4.79 Å². The number of benzene rings is 2. The molecule has 0 bridgehead atoms. The molecule has 0 saturated heterocycles. The molecular formula is C16H14ClNO. The number of carbonyl (C=O) groups is 1. The van der Waals surface area contributed by atoms with Gasteiger partial charge in [0.1, 0.15) is 0 Å². The van der Waals surface area contributed by atoms with Gasteiger partial charge in [-0.05, 0) is 29.3 Å². The summed E-state index contributed by atoms with van der Waals surface area (Å²) in [5.74, 6) is -0.121. The summed E-state index contributed by atoms with van der Waals surface area (Å²) in [6.45, 7) is 0.527. The zero-order chi connectivity index (χ0) is 13.5. The number of hydrogen-bond donors (Lipinski definition) is 1. The van der Waals surface area contributed by atoms with Crippen molar-refractivity contribution in [1.29, 1.82) is 0 Å². The Balaban J connectivity index is 1.88. The molecule has 0 aliphatic rings. The second kappa shape index (κ2) is 6.76. The maximum Gasteiger partial charge on any atom is 0.244 e. The number of hydrogen-bond acceptors (Lipinski definition) is 1. The summed E-state index contributed by atoms with van der Waals surface area (Å²) in [5, 5.41) is 3.48. The predicted octanol–water partition coefficient (Wildman–Crippen LogP) is 3.67. The number of halogens is 1. The Hall–Kier alpha value is -2.06. The van der Waals surface area contributed by atoms with E-state index in [1.54, 1.807) is 12.1 Å². The van der Waals surface area contributed by atoms with Crippen LogP contribution in [0.15, 0.2) is 60.7 Å². The van der Waals surface area contributed by atoms with E-state index in [1.807, 2.05) is 48.5 Å². The minimum absolute atomic E-state index is 0.121. The molecule has 2 nitrogen and oxygen atoms in total. The van der Waals surface area contributed by atoms with Gasteiger partial charge in [-0.2, -0.15) is 0 Å². The first-order valence-corrected chi connectivity index (χ1v) is 6.37. The first-order valence-electron chi connectivity index (χ1n) is 5.99. The predicted molar refractivity (Wildman–Crippen MR) is 78.8 cm³/mol. The maximum absolute atomic E-state index is 11.6. The highest BCUT2D eigenvalue weighted by Gasteiger charge is 1.96. The number of carbonyl (C=O) groups excluding carboxylic acids is 1. The monoisotopic (exact) mass is 271 g/mol. The second-order valence-electron chi connectivity index (χ2n) is 4.09. The summed E-state index contributed by atoms with van der Waals surface area (Å²) < 4.78 is 0. The van der Waals surface area contributed by atoms with Gasteiger partial charge in [0, 0.05) is 17.6 Å². The molecule has 0 spiro atoms. The fourth-order valence-electron chi connectivity index (χ4n) is 1.63. The standard InChI is InChI=1S/C16H14ClNO/c17-15-8-4-7-13(11-15)9-10-16(19)18-12-14-5-2-1-3-6-14/h1-11H,12H2,(H,18,19)/b10-9-. The van der Waals surface area contributed by atoms with Crippen molar-refractivity contribution in [3.8, 4) is 0 Å². The fourth-order valence-corrected chi connectivity index (χ4v) is 1.82. The van der Waals surface area contributed by atoms with Gasteiger partial charge in [-0.1, -0.05) is 54.1 Å². The lowest BCUT2D eigenvalue weighted by molar-refractivity contribution is -0.116. The third kappa shape index (κ3) is 4.60. The van der Waals surface area contributed by atoms with Crippen LogP contribution >= 0.6 is 11.6 Å². The van der Waals surface area contributed by atoms with Crippen LogP contribution in [0.2, 0.25) is 5.02 Å². The van der Waals surface area contributed by atoms with E-state index in [2.05, 4.69) is 5.32 Å². The Morgan fingerprint density at radius 3 is 2.63 bits per heavy atom. The third-order valence-electron chi connectivity index (χ3n) is 2.59. The summed E-state index contributed by atoms with van der Waals surface area (Å²) in [6, 6.07) is 17.1. The van der Waals surface area contributed by atoms with Crippen LogP contribution in [0.25, 0.3) is 6.08 Å². The second-order valence-corrected chi connectivity index (χ2v) is 4.53. The molecule has 0 aliphatic heterocycles. The molecule has 1 amide bonds. The van der Waals surface area contributed by atoms with Crippen LogP contribution in [-0.4, -0.2) is 5.91 Å². The van der Waals surface area contributed by atoms with Crippen LogP contribution in [0.1, 0.15) is 11.1 Å². The van der Waals surface area contributed by atoms with Crippen LogP contribution in [0.3, 0.4) is 0 Å². The number of rotatable bonds is 4. The van der Waals surface area contributed by atoms with E-state index in [4.69, 9.17) is 11.6 Å². The van der Waals surface area contributed by atoms with Crippen molar-refractivity contribution in [3.63, 3.8) is 0 Å². The molecule has 2 rings (SSSR count). The summed E-state index contributed by atoms with van der Waals surface area (Å²) in [5.41, 5.74) is 1.98. The lowest BCUT2D eigenvalue weighted by Gasteiger charge is -2.01. The molecule has 0 radical (unpaired) electrons. The van der Waals surface area contributed by atoms with E-state index in [-0.39, 0.29) is 5.91 Å². The van der Waals surface area contributed by atoms with Crippen molar-refractivity contribution in [3.05, 3.63) is 76.8 Å². The highest BCUT2D eigenvalue weighted by Crippen LogP contribution is 2.11. The molecule has 0 atom stereocenters. The normalized spacial score (nSPS) is 10.6. The van der Waals surface area contributed by atoms with Crippen molar-refractivity contribution in [2.45, 2.75) is 6.54 Å². The molecule has 0 aromatic heterocycles. The molecule has 19 heavy (non-hydrogen) atoms. The van der Waals surface area contributed by atoms with E-state index >= 15 is 0 Å². The van der Waals surface area contributed by atoms with Gasteiger partial charge in [-0.15, -0.1) is 0 Å². The minimum Gasteiger partial charge on any atom is -0.348 e. The van der Waals surface area contributed by atoms with Crippen molar-refractivity contribution >= 4 is 23.6 Å². The highest BCUT2D eigenvalue weighted by molar-refractivity contribution is 6.30. The first-order chi connectivity index (χ1) is 9.24. The maximum atomic E-state index is 11.6. The van der Waals surface area contributed by atoms with Gasteiger partial charge >= 0.3 is 0 Å². The van der Waals surface area contributed by atoms with Crippen LogP contribution < -0.4 is 5.32 Å². The molecule has 2 aromatic carbocycles. The molecule has 0 aliphatic carbocycles. The molecule has 0 unspecified atom stereocenters. The van der Waals surface area contributed by atoms with Gasteiger partial charge in [0.2, 0.25) is 5.91 Å². The lowest BCUT2D eigenvalue weighted by Crippen LogP contribution is -2.20. The summed E-state index contributed by atoms with van der Waals surface area (Å²) >= 11 is 5.87. The minimum atomic E-state index is -0.121. The molecular weight excluding hydrogens is 258 g/mol. The molecule has 1 N–H and O–H groups in total. The summed E-state index contributed by atoms with van der Waals surface area (Å²) in [6.07, 6.45) is 3.25. The quantitative estimate of drug-likeness (QED) is 0.845. The topological polar surface area (TPSA) is 29.1 Å². The average molecular weight is 272 g/mol. The molecule has 0 heterocycles. The van der Waals surface area contributed by atoms with Crippen LogP contribution in [0.4, 0.5) is 0 Å². The number of nitrogens with one attached hydrogen (secondary N) is 1. The highest BCUT2D eigenvalue weighted by atomic mass is 35.5. The zero-order valence-electron chi connectivity index (χ0n) is 10.3. The van der Waals surface area contributed by atoms with Gasteiger partial charge in [0.15, 0.2) is 0 Å². The van der Waals surface area contributed by atoms with Gasteiger partial charge in [0.05, 0.1) is 0 Å². The smallest absolute Gasteiger partial charge is 0.244 e. The van der Waals surface area contributed by atoms with Crippen LogP contribution in [0.5, 0.6) is 0 Å². The fraction of sp³-hybridized carbons (Fsp3) is 0.0625. The molecule has 0 fully saturated rings. The van der Waals surface area contributed by atoms with Gasteiger partial charge < -0.3 is 5.32 Å². The Kier molecular flexibility index (Phi) is 4.76. The van der Waals surface area contributed by atoms with Crippen molar-refractivity contribution < 1.29 is 4.79 Å². The molecule has 96 valence electrons. The Morgan fingerprint density at radius 2 is 1.89 bits per heavy atom. The van der Waals surface area contributed by atoms with Crippen LogP contribution in [-0.2, 0) is 11.3 Å². The van der Waals surface area contributed by atoms with E-state index in [1.165, 1.54) is 6.08 Å². The average Bonchev–Trinajstić information content (AvgIpc) is 2.44. The van der Waals surface area contributed by atoms with Gasteiger partial charge in [-0.25, -0.2) is 0 Å². The van der Waals surface area contributed by atoms with Crippen molar-refractivity contribution in [2.75, 3.05) is 0 Å². The lowest BCUT2D eigenvalue weighted by atomic mass is 10.2. The van der Waals surface area contributed by atoms with Crippen molar-refractivity contribution in [2.24, 2.45) is 0 Å². The van der Waals surface area contributed by atoms with Gasteiger partial charge in [0.25, 0.3) is 0 Å². The van der Waals surface area contributed by atoms with E-state index in [0.29, 0.717) is 11.6 Å². The van der Waals surface area contributed by atoms with E-state index in [9.17, 15) is 4.79 Å². The SMILES string of the molecule is O=C(/C=C\c1cccc(Cl)c1)NCc1ccccc1. The number of amides is 1. The molecule has 0 saturated carbocycles. The van der Waals surface area contributed by atoms with E-state index < -0.39 is 0 Å². The summed E-state index contributed by atoms with van der Waals surface area (Å²) in [7, 11) is 0. The zero-order valence-corrected chi connectivity index (χ0v) is 11.1. The summed E-state index contributed by atoms with van der Waals surface area (Å²) in [4.78, 5) is 11.6. The largest absolute Gasteiger partial charge is 0.348 e. The molecule has 3 heteroatoms. The van der Waals surface area contributed by atoms with Crippen LogP contribution in [0, 0.1) is 0 Å². The Morgan fingerprint density at radius 1 is 1.11 bits per heavy atom. The third-order valence-corrected chi connectivity index (χ3v) is 2.82. The Labute approximate surface area is 117 Å². The molecule has 2 aromatic rings. The Bertz CT molecular complexity index is 578. The van der Waals surface area contributed by atoms with E-state index in [0.717, 1.165) is 11.1 Å². The first kappa shape index (κ1) is 13.4. The van der Waals surface area contributed by atoms with Crippen molar-refractivity contribution in [1.82, 2.24) is 5.32 Å².